The number of carbonyl (C=O) groups is 3. The lowest BCUT2D eigenvalue weighted by Crippen LogP contribution is -2.41. The smallest absolute Gasteiger partial charge is 0.326 e. The molecular weight excluding hydrogens is 418 g/mol. The number of carboxylic acids is 1. The second kappa shape index (κ2) is 9.77. The molecule has 168 valence electrons. The van der Waals surface area contributed by atoms with Gasteiger partial charge in [0.05, 0.1) is 12.0 Å². The second-order valence-electron chi connectivity index (χ2n) is 7.18. The van der Waals surface area contributed by atoms with Gasteiger partial charge in [0.25, 0.3) is 11.5 Å². The summed E-state index contributed by atoms with van der Waals surface area (Å²) >= 11 is 0. The maximum absolute atomic E-state index is 12.4. The predicted octanol–water partition coefficient (Wildman–Crippen LogP) is 0.755. The van der Waals surface area contributed by atoms with Crippen molar-refractivity contribution in [3.63, 3.8) is 0 Å². The number of fused-ring (bicyclic) bond motifs is 1. The van der Waals surface area contributed by atoms with Gasteiger partial charge in [-0.1, -0.05) is 12.1 Å². The van der Waals surface area contributed by atoms with Crippen molar-refractivity contribution in [3.05, 3.63) is 57.5 Å². The van der Waals surface area contributed by atoms with Gasteiger partial charge in [-0.2, -0.15) is 4.98 Å². The van der Waals surface area contributed by atoms with E-state index in [0.29, 0.717) is 29.4 Å². The van der Waals surface area contributed by atoms with Crippen LogP contribution in [0.2, 0.25) is 0 Å². The van der Waals surface area contributed by atoms with Crippen LogP contribution in [0.25, 0.3) is 11.0 Å². The molecule has 0 saturated carbocycles. The number of carboxylic acid groups (broad SMARTS) is 1. The highest BCUT2D eigenvalue weighted by atomic mass is 16.5. The van der Waals surface area contributed by atoms with Gasteiger partial charge < -0.3 is 25.9 Å². The molecule has 11 heteroatoms. The Labute approximate surface area is 182 Å². The summed E-state index contributed by atoms with van der Waals surface area (Å²) in [5.74, 6) is -2.24. The van der Waals surface area contributed by atoms with Crippen LogP contribution >= 0.6 is 0 Å². The molecule has 0 aliphatic rings. The number of aromatic amines is 2. The lowest BCUT2D eigenvalue weighted by Gasteiger charge is -2.14. The molecule has 0 aliphatic carbocycles. The number of nitrogen functional groups attached to an aromatic ring is 1. The molecule has 1 atom stereocenters. The van der Waals surface area contributed by atoms with E-state index < -0.39 is 23.9 Å². The molecule has 0 bridgehead atoms. The molecule has 2 aromatic heterocycles. The average Bonchev–Trinajstić information content (AvgIpc) is 3.14. The van der Waals surface area contributed by atoms with Gasteiger partial charge in [0, 0.05) is 25.1 Å². The number of rotatable bonds is 9. The predicted molar refractivity (Wildman–Crippen MR) is 115 cm³/mol. The van der Waals surface area contributed by atoms with Crippen LogP contribution in [0.1, 0.15) is 34.8 Å². The molecule has 0 aliphatic heterocycles. The van der Waals surface area contributed by atoms with E-state index in [4.69, 9.17) is 10.5 Å². The van der Waals surface area contributed by atoms with Gasteiger partial charge in [0.1, 0.15) is 11.7 Å². The topological polar surface area (TPSA) is 180 Å². The number of H-pyrrole nitrogens is 2. The van der Waals surface area contributed by atoms with Crippen LogP contribution in [0.15, 0.2) is 35.3 Å². The zero-order valence-electron chi connectivity index (χ0n) is 17.3. The third-order valence-electron chi connectivity index (χ3n) is 4.86. The van der Waals surface area contributed by atoms with E-state index in [2.05, 4.69) is 20.3 Å². The number of amides is 1. The molecule has 0 saturated heterocycles. The summed E-state index contributed by atoms with van der Waals surface area (Å²) in [6, 6.07) is 5.54. The number of esters is 1. The molecule has 32 heavy (non-hydrogen) atoms. The highest BCUT2D eigenvalue weighted by Crippen LogP contribution is 2.16. The summed E-state index contributed by atoms with van der Waals surface area (Å²) in [5, 5.41) is 12.1. The minimum Gasteiger partial charge on any atom is -0.480 e. The van der Waals surface area contributed by atoms with E-state index >= 15 is 0 Å². The highest BCUT2D eigenvalue weighted by Gasteiger charge is 2.21. The Morgan fingerprint density at radius 2 is 1.94 bits per heavy atom. The maximum atomic E-state index is 12.4. The van der Waals surface area contributed by atoms with Crippen molar-refractivity contribution < 1.29 is 24.2 Å². The van der Waals surface area contributed by atoms with Crippen molar-refractivity contribution in [2.75, 3.05) is 12.3 Å². The molecule has 3 aromatic rings. The molecule has 1 amide bonds. The van der Waals surface area contributed by atoms with Crippen molar-refractivity contribution in [3.8, 4) is 0 Å². The fourth-order valence-electron chi connectivity index (χ4n) is 3.24. The van der Waals surface area contributed by atoms with Gasteiger partial charge >= 0.3 is 11.9 Å². The second-order valence-corrected chi connectivity index (χ2v) is 7.18. The summed E-state index contributed by atoms with van der Waals surface area (Å²) in [7, 11) is 0. The van der Waals surface area contributed by atoms with Crippen LogP contribution in [0, 0.1) is 0 Å². The molecule has 11 nitrogen and oxygen atoms in total. The van der Waals surface area contributed by atoms with Crippen molar-refractivity contribution in [2.24, 2.45) is 0 Å². The number of aromatic nitrogens is 3. The van der Waals surface area contributed by atoms with Gasteiger partial charge in [0.15, 0.2) is 0 Å². The third kappa shape index (κ3) is 5.50. The summed E-state index contributed by atoms with van der Waals surface area (Å²) in [6.45, 7) is 1.11. The van der Waals surface area contributed by atoms with Crippen LogP contribution in [-0.2, 0) is 27.2 Å². The zero-order chi connectivity index (χ0) is 23.3. The van der Waals surface area contributed by atoms with Gasteiger partial charge in [-0.15, -0.1) is 0 Å². The quantitative estimate of drug-likeness (QED) is 0.302. The summed E-state index contributed by atoms with van der Waals surface area (Å²) < 4.78 is 4.74. The minimum atomic E-state index is -1.22. The summed E-state index contributed by atoms with van der Waals surface area (Å²) in [6.07, 6.45) is 2.86. The van der Waals surface area contributed by atoms with E-state index in [9.17, 15) is 24.3 Å². The molecule has 0 radical (unpaired) electrons. The van der Waals surface area contributed by atoms with Gasteiger partial charge in [-0.3, -0.25) is 19.4 Å². The number of hydrogen-bond donors (Lipinski definition) is 5. The number of hydrogen-bond acceptors (Lipinski definition) is 7. The SMILES string of the molecule is CC(=O)OCC[C@H](NC(=O)c1ccc(CCc2c[nH]c3nc(N)[nH]c(=O)c23)cc1)C(=O)O. The van der Waals surface area contributed by atoms with Crippen LogP contribution in [-0.4, -0.2) is 50.6 Å². The van der Waals surface area contributed by atoms with Crippen molar-refractivity contribution in [1.82, 2.24) is 20.3 Å². The average molecular weight is 441 g/mol. The molecule has 0 fully saturated rings. The number of benzene rings is 1. The summed E-state index contributed by atoms with van der Waals surface area (Å²) in [5.41, 5.74) is 7.70. The number of ether oxygens (including phenoxy) is 1. The molecule has 0 spiro atoms. The maximum Gasteiger partial charge on any atom is 0.326 e. The number of carbonyl (C=O) groups excluding carboxylic acids is 2. The molecule has 3 rings (SSSR count). The zero-order valence-corrected chi connectivity index (χ0v) is 17.3. The molecule has 2 heterocycles. The van der Waals surface area contributed by atoms with E-state index in [1.807, 2.05) is 0 Å². The Kier molecular flexibility index (Phi) is 6.88. The van der Waals surface area contributed by atoms with Crippen molar-refractivity contribution in [2.45, 2.75) is 32.2 Å². The number of aliphatic carboxylic acids is 1. The third-order valence-corrected chi connectivity index (χ3v) is 4.86. The van der Waals surface area contributed by atoms with E-state index in [-0.39, 0.29) is 24.5 Å². The fourth-order valence-corrected chi connectivity index (χ4v) is 3.24. The first-order chi connectivity index (χ1) is 15.2. The monoisotopic (exact) mass is 441 g/mol. The summed E-state index contributed by atoms with van der Waals surface area (Å²) in [4.78, 5) is 56.1. The van der Waals surface area contributed by atoms with E-state index in [0.717, 1.165) is 11.1 Å². The lowest BCUT2D eigenvalue weighted by molar-refractivity contribution is -0.144. The minimum absolute atomic E-state index is 0.0387. The Bertz CT molecular complexity index is 1200. The number of nitrogens with two attached hydrogens (primary N) is 1. The van der Waals surface area contributed by atoms with E-state index in [1.165, 1.54) is 6.92 Å². The van der Waals surface area contributed by atoms with Crippen LogP contribution in [0.5, 0.6) is 0 Å². The number of nitrogens with zero attached hydrogens (tertiary/aromatic N) is 1. The molecule has 1 aromatic carbocycles. The van der Waals surface area contributed by atoms with Crippen LogP contribution in [0.3, 0.4) is 0 Å². The normalized spacial score (nSPS) is 11.8. The molecule has 0 unspecified atom stereocenters. The van der Waals surface area contributed by atoms with Crippen LogP contribution in [0.4, 0.5) is 5.95 Å². The highest BCUT2D eigenvalue weighted by molar-refractivity contribution is 5.96. The largest absolute Gasteiger partial charge is 0.480 e. The molecule has 6 N–H and O–H groups in total. The number of nitrogens with one attached hydrogen (secondary N) is 3. The van der Waals surface area contributed by atoms with Crippen molar-refractivity contribution in [1.29, 1.82) is 0 Å². The van der Waals surface area contributed by atoms with E-state index in [1.54, 1.807) is 30.5 Å². The van der Waals surface area contributed by atoms with Gasteiger partial charge in [-0.25, -0.2) is 4.79 Å². The Morgan fingerprint density at radius 3 is 2.59 bits per heavy atom. The number of anilines is 1. The Hall–Kier alpha value is -4.15. The number of aryl methyl sites for hydroxylation is 2. The Morgan fingerprint density at radius 1 is 1.22 bits per heavy atom. The first-order valence-electron chi connectivity index (χ1n) is 9.86. The Balaban J connectivity index is 1.61. The first-order valence-corrected chi connectivity index (χ1v) is 9.86. The molecular formula is C21H23N5O6. The first kappa shape index (κ1) is 22.5. The van der Waals surface area contributed by atoms with Gasteiger partial charge in [-0.05, 0) is 36.1 Å². The fraction of sp³-hybridized carbons (Fsp3) is 0.286. The standard InChI is InChI=1S/C21H23N5O6/c1-11(27)32-9-8-15(20(30)31)24-18(28)13-5-2-12(3-6-13)4-7-14-10-23-17-16(14)19(29)26-21(22)25-17/h2-3,5-6,10,15H,4,7-9H2,1H3,(H,24,28)(H,30,31)(H4,22,23,25,26,29)/t15-/m0/s1. The van der Waals surface area contributed by atoms with Crippen LogP contribution < -0.4 is 16.6 Å². The lowest BCUT2D eigenvalue weighted by atomic mass is 10.0. The van der Waals surface area contributed by atoms with Crippen molar-refractivity contribution >= 4 is 34.8 Å². The van der Waals surface area contributed by atoms with Gasteiger partial charge in [0.2, 0.25) is 5.95 Å².